The van der Waals surface area contributed by atoms with Crippen molar-refractivity contribution in [3.8, 4) is 11.3 Å². The van der Waals surface area contributed by atoms with Gasteiger partial charge in [0, 0.05) is 50.7 Å². The van der Waals surface area contributed by atoms with E-state index in [1.807, 2.05) is 18.5 Å². The highest BCUT2D eigenvalue weighted by atomic mass is 15.3. The fourth-order valence-electron chi connectivity index (χ4n) is 3.76. The maximum Gasteiger partial charge on any atom is 0.227 e. The Morgan fingerprint density at radius 1 is 0.897 bits per heavy atom. The molecule has 1 aliphatic rings. The van der Waals surface area contributed by atoms with Gasteiger partial charge < -0.3 is 9.80 Å². The van der Waals surface area contributed by atoms with Gasteiger partial charge in [0.15, 0.2) is 0 Å². The second-order valence-corrected chi connectivity index (χ2v) is 7.71. The molecule has 0 saturated carbocycles. The molecule has 1 fully saturated rings. The summed E-state index contributed by atoms with van der Waals surface area (Å²) in [5, 5.41) is 0. The van der Waals surface area contributed by atoms with Crippen molar-refractivity contribution in [2.75, 3.05) is 36.5 Å². The molecule has 0 aliphatic carbocycles. The molecule has 0 bridgehead atoms. The number of likely N-dealkylation sites (N-methyl/N-ethyl adjacent to an activating group) is 1. The maximum atomic E-state index is 4.96. The van der Waals surface area contributed by atoms with Gasteiger partial charge in [-0.15, -0.1) is 0 Å². The normalized spacial score (nSPS) is 14.4. The van der Waals surface area contributed by atoms with Crippen molar-refractivity contribution < 1.29 is 0 Å². The average molecular weight is 388 g/mol. The number of nitrogens with zero attached hydrogens (tertiary/aromatic N) is 5. The minimum atomic E-state index is 0.791. The highest BCUT2D eigenvalue weighted by molar-refractivity contribution is 5.65. The van der Waals surface area contributed by atoms with E-state index in [9.17, 15) is 0 Å². The summed E-state index contributed by atoms with van der Waals surface area (Å²) in [6.07, 6.45) is 9.73. The predicted octanol–water partition coefficient (Wildman–Crippen LogP) is 4.60. The van der Waals surface area contributed by atoms with Crippen LogP contribution >= 0.6 is 0 Å². The zero-order valence-electron chi connectivity index (χ0n) is 17.2. The van der Waals surface area contributed by atoms with Crippen LogP contribution in [0.15, 0.2) is 60.9 Å². The van der Waals surface area contributed by atoms with Gasteiger partial charge in [-0.3, -0.25) is 4.98 Å². The molecule has 2 aromatic heterocycles. The van der Waals surface area contributed by atoms with E-state index in [0.29, 0.717) is 0 Å². The molecule has 0 atom stereocenters. The number of rotatable bonds is 6. The first-order valence-electron chi connectivity index (χ1n) is 10.6. The predicted molar refractivity (Wildman–Crippen MR) is 119 cm³/mol. The van der Waals surface area contributed by atoms with Crippen molar-refractivity contribution in [2.45, 2.75) is 32.1 Å². The zero-order valence-corrected chi connectivity index (χ0v) is 17.2. The van der Waals surface area contributed by atoms with E-state index in [1.165, 1.54) is 31.2 Å². The molecule has 0 amide bonds. The molecule has 0 radical (unpaired) electrons. The molecule has 5 heteroatoms. The monoisotopic (exact) mass is 387 g/mol. The van der Waals surface area contributed by atoms with Crippen LogP contribution in [-0.2, 0) is 6.42 Å². The van der Waals surface area contributed by atoms with E-state index in [0.717, 1.165) is 49.1 Å². The molecular formula is C24H29N5. The van der Waals surface area contributed by atoms with Crippen molar-refractivity contribution in [3.63, 3.8) is 0 Å². The maximum absolute atomic E-state index is 4.96. The van der Waals surface area contributed by atoms with Gasteiger partial charge in [0.05, 0.1) is 5.69 Å². The Hall–Kier alpha value is -2.95. The molecule has 29 heavy (non-hydrogen) atoms. The molecule has 1 saturated heterocycles. The quantitative estimate of drug-likeness (QED) is 0.619. The lowest BCUT2D eigenvalue weighted by molar-refractivity contribution is 0.726. The molecule has 1 aliphatic heterocycles. The third-order valence-corrected chi connectivity index (χ3v) is 5.53. The minimum absolute atomic E-state index is 0.791. The summed E-state index contributed by atoms with van der Waals surface area (Å²) < 4.78 is 0. The van der Waals surface area contributed by atoms with E-state index >= 15 is 0 Å². The number of anilines is 2. The van der Waals surface area contributed by atoms with Crippen LogP contribution in [0.2, 0.25) is 0 Å². The van der Waals surface area contributed by atoms with E-state index in [1.54, 1.807) is 0 Å². The number of pyridine rings is 1. The minimum Gasteiger partial charge on any atom is -0.356 e. The summed E-state index contributed by atoms with van der Waals surface area (Å²) in [6.45, 7) is 3.01. The van der Waals surface area contributed by atoms with Crippen LogP contribution in [0.25, 0.3) is 11.3 Å². The van der Waals surface area contributed by atoms with Crippen LogP contribution in [0.3, 0.4) is 0 Å². The lowest BCUT2D eigenvalue weighted by atomic mass is 10.1. The van der Waals surface area contributed by atoms with Crippen LogP contribution in [0.4, 0.5) is 11.8 Å². The van der Waals surface area contributed by atoms with E-state index < -0.39 is 0 Å². The SMILES string of the molecule is CN(CCc1ccncc1)c1nc(-c2ccccc2)cc(N2CCCCCC2)n1. The van der Waals surface area contributed by atoms with Gasteiger partial charge in [0.2, 0.25) is 5.95 Å². The molecular weight excluding hydrogens is 358 g/mol. The molecule has 0 spiro atoms. The van der Waals surface area contributed by atoms with Gasteiger partial charge in [-0.25, -0.2) is 4.98 Å². The Morgan fingerprint density at radius 2 is 1.62 bits per heavy atom. The Bertz CT molecular complexity index is 890. The fraction of sp³-hybridized carbons (Fsp3) is 0.375. The van der Waals surface area contributed by atoms with Gasteiger partial charge in [-0.05, 0) is 37.0 Å². The van der Waals surface area contributed by atoms with Crippen LogP contribution in [0.1, 0.15) is 31.2 Å². The first-order valence-corrected chi connectivity index (χ1v) is 10.6. The number of hydrogen-bond acceptors (Lipinski definition) is 5. The molecule has 5 nitrogen and oxygen atoms in total. The van der Waals surface area contributed by atoms with Gasteiger partial charge >= 0.3 is 0 Å². The summed E-state index contributed by atoms with van der Waals surface area (Å²) in [5.74, 6) is 1.84. The second kappa shape index (κ2) is 9.50. The first-order chi connectivity index (χ1) is 14.3. The van der Waals surface area contributed by atoms with E-state index in [-0.39, 0.29) is 0 Å². The number of benzene rings is 1. The smallest absolute Gasteiger partial charge is 0.227 e. The molecule has 4 rings (SSSR count). The van der Waals surface area contributed by atoms with Gasteiger partial charge in [-0.2, -0.15) is 4.98 Å². The number of aromatic nitrogens is 3. The Morgan fingerprint density at radius 3 is 2.34 bits per heavy atom. The van der Waals surface area contributed by atoms with Crippen molar-refractivity contribution in [3.05, 3.63) is 66.5 Å². The molecule has 3 aromatic rings. The third-order valence-electron chi connectivity index (χ3n) is 5.53. The lowest BCUT2D eigenvalue weighted by Gasteiger charge is -2.25. The average Bonchev–Trinajstić information content (AvgIpc) is 3.08. The summed E-state index contributed by atoms with van der Waals surface area (Å²) in [6, 6.07) is 16.7. The van der Waals surface area contributed by atoms with Crippen molar-refractivity contribution in [1.29, 1.82) is 0 Å². The topological polar surface area (TPSA) is 45.2 Å². The molecule has 3 heterocycles. The zero-order chi connectivity index (χ0) is 19.9. The largest absolute Gasteiger partial charge is 0.356 e. The van der Waals surface area contributed by atoms with E-state index in [2.05, 4.69) is 64.3 Å². The molecule has 0 unspecified atom stereocenters. The van der Waals surface area contributed by atoms with Gasteiger partial charge in [0.1, 0.15) is 5.82 Å². The van der Waals surface area contributed by atoms with Crippen molar-refractivity contribution >= 4 is 11.8 Å². The third kappa shape index (κ3) is 5.11. The highest BCUT2D eigenvalue weighted by Crippen LogP contribution is 2.26. The summed E-state index contributed by atoms with van der Waals surface area (Å²) >= 11 is 0. The summed E-state index contributed by atoms with van der Waals surface area (Å²) in [5.41, 5.74) is 3.40. The Labute approximate surface area is 173 Å². The van der Waals surface area contributed by atoms with Crippen LogP contribution in [-0.4, -0.2) is 41.6 Å². The first kappa shape index (κ1) is 19.4. The van der Waals surface area contributed by atoms with Crippen molar-refractivity contribution in [2.24, 2.45) is 0 Å². The Balaban J connectivity index is 1.61. The molecule has 1 aromatic carbocycles. The molecule has 150 valence electrons. The van der Waals surface area contributed by atoms with Gasteiger partial charge in [-0.1, -0.05) is 43.2 Å². The fourth-order valence-corrected chi connectivity index (χ4v) is 3.76. The Kier molecular flexibility index (Phi) is 6.35. The summed E-state index contributed by atoms with van der Waals surface area (Å²) in [7, 11) is 2.08. The highest BCUT2D eigenvalue weighted by Gasteiger charge is 2.16. The van der Waals surface area contributed by atoms with Crippen LogP contribution in [0, 0.1) is 0 Å². The van der Waals surface area contributed by atoms with Crippen molar-refractivity contribution in [1.82, 2.24) is 15.0 Å². The standard InChI is InChI=1S/C24H29N5/c1-28(18-13-20-11-14-25-15-12-20)24-26-22(21-9-5-4-6-10-21)19-23(27-24)29-16-7-2-3-8-17-29/h4-6,9-12,14-15,19H,2-3,7-8,13,16-18H2,1H3. The molecule has 0 N–H and O–H groups in total. The van der Waals surface area contributed by atoms with E-state index in [4.69, 9.17) is 9.97 Å². The number of hydrogen-bond donors (Lipinski definition) is 0. The van der Waals surface area contributed by atoms with Gasteiger partial charge in [0.25, 0.3) is 0 Å². The van der Waals surface area contributed by atoms with Crippen LogP contribution in [0.5, 0.6) is 0 Å². The van der Waals surface area contributed by atoms with Crippen LogP contribution < -0.4 is 9.80 Å². The second-order valence-electron chi connectivity index (χ2n) is 7.71. The summed E-state index contributed by atoms with van der Waals surface area (Å²) in [4.78, 5) is 18.6. The lowest BCUT2D eigenvalue weighted by Crippen LogP contribution is -2.27.